The molecule has 0 aliphatic rings. The Hall–Kier alpha value is 0.220. The minimum atomic E-state index is -4.18. The molecule has 0 saturated heterocycles. The van der Waals surface area contributed by atoms with Crippen molar-refractivity contribution in [2.45, 2.75) is 11.2 Å². The Bertz CT molecular complexity index is 167. The number of hydrogen-bond acceptors (Lipinski definition) is 3. The molecule has 1 atom stereocenters. The van der Waals surface area contributed by atoms with Gasteiger partial charge in [0.05, 0.1) is 5.75 Å². The van der Waals surface area contributed by atoms with Gasteiger partial charge in [-0.25, -0.2) is 0 Å². The van der Waals surface area contributed by atoms with E-state index in [1.54, 1.807) is 0 Å². The normalized spacial score (nSPS) is 16.5. The molecular weight excluding hydrogens is 202 g/mol. The van der Waals surface area contributed by atoms with Gasteiger partial charge in [0.15, 0.2) is 0 Å². The third-order valence-electron chi connectivity index (χ3n) is 0.859. The molecule has 0 aromatic rings. The van der Waals surface area contributed by atoms with E-state index < -0.39 is 27.7 Å². The zero-order valence-electron chi connectivity index (χ0n) is 5.55. The molecular formula is C4H7ClF2O3S. The summed E-state index contributed by atoms with van der Waals surface area (Å²) in [6.45, 7) is 0. The Labute approximate surface area is 69.4 Å². The topological polar surface area (TPSA) is 57.5 Å². The monoisotopic (exact) mass is 208 g/mol. The van der Waals surface area contributed by atoms with Crippen molar-refractivity contribution >= 4 is 22.4 Å². The second-order valence-corrected chi connectivity index (χ2v) is 3.94. The maximum atomic E-state index is 12.0. The van der Waals surface area contributed by atoms with Gasteiger partial charge in [-0.05, 0) is 11.6 Å². The van der Waals surface area contributed by atoms with E-state index in [9.17, 15) is 13.0 Å². The Morgan fingerprint density at radius 1 is 1.55 bits per heavy atom. The van der Waals surface area contributed by atoms with E-state index in [1.165, 1.54) is 0 Å². The van der Waals surface area contributed by atoms with Gasteiger partial charge in [0.1, 0.15) is 0 Å². The lowest BCUT2D eigenvalue weighted by molar-refractivity contribution is -0.243. The van der Waals surface area contributed by atoms with Crippen LogP contribution in [0.1, 0.15) is 0 Å². The predicted molar refractivity (Wildman–Crippen MR) is 36.9 cm³/mol. The van der Waals surface area contributed by atoms with Gasteiger partial charge in [-0.2, -0.15) is 8.78 Å². The summed E-state index contributed by atoms with van der Waals surface area (Å²) in [5, 5.41) is 12.8. The van der Waals surface area contributed by atoms with Crippen LogP contribution in [0.5, 0.6) is 0 Å². The van der Waals surface area contributed by atoms with Gasteiger partial charge in [-0.3, -0.25) is 4.21 Å². The zero-order chi connectivity index (χ0) is 9.28. The number of hydrogen-bond donors (Lipinski definition) is 2. The first kappa shape index (κ1) is 11.2. The molecule has 68 valence electrons. The van der Waals surface area contributed by atoms with Crippen LogP contribution >= 0.6 is 11.6 Å². The maximum Gasteiger partial charge on any atom is 0.375 e. The van der Waals surface area contributed by atoms with Gasteiger partial charge in [0.2, 0.25) is 0 Å². The lowest BCUT2D eigenvalue weighted by atomic mass is 10.3. The van der Waals surface area contributed by atoms with E-state index in [-0.39, 0.29) is 0 Å². The quantitative estimate of drug-likeness (QED) is 0.502. The van der Waals surface area contributed by atoms with Crippen LogP contribution in [-0.4, -0.2) is 37.6 Å². The summed E-state index contributed by atoms with van der Waals surface area (Å²) in [6, 6.07) is 0. The molecule has 3 nitrogen and oxygen atoms in total. The van der Waals surface area contributed by atoms with Crippen LogP contribution in [0.4, 0.5) is 8.78 Å². The summed E-state index contributed by atoms with van der Waals surface area (Å²) in [7, 11) is -1.75. The third kappa shape index (κ3) is 3.42. The van der Waals surface area contributed by atoms with E-state index in [0.717, 1.165) is 6.26 Å². The van der Waals surface area contributed by atoms with Crippen molar-refractivity contribution in [3.8, 4) is 0 Å². The third-order valence-corrected chi connectivity index (χ3v) is 1.97. The highest BCUT2D eigenvalue weighted by molar-refractivity contribution is 7.84. The van der Waals surface area contributed by atoms with Gasteiger partial charge in [-0.1, -0.05) is 0 Å². The Morgan fingerprint density at radius 3 is 2.00 bits per heavy atom. The molecule has 0 aliphatic heterocycles. The number of halogens is 3. The first-order valence-electron chi connectivity index (χ1n) is 2.48. The van der Waals surface area contributed by atoms with Gasteiger partial charge in [0, 0.05) is 17.1 Å². The molecule has 0 aromatic carbocycles. The van der Waals surface area contributed by atoms with Crippen LogP contribution in [0.25, 0.3) is 0 Å². The standard InChI is InChI=1S/C4H7ClF2O3S/c1-11(10)2-3(8,9)4(5,6)7/h8-9H,2H2,1H3. The van der Waals surface area contributed by atoms with Crippen molar-refractivity contribution in [3.63, 3.8) is 0 Å². The fourth-order valence-corrected chi connectivity index (χ4v) is 1.26. The Balaban J connectivity index is 4.34. The van der Waals surface area contributed by atoms with Crippen LogP contribution in [-0.2, 0) is 10.8 Å². The number of rotatable bonds is 3. The lowest BCUT2D eigenvalue weighted by Crippen LogP contribution is -2.48. The van der Waals surface area contributed by atoms with Gasteiger partial charge >= 0.3 is 5.38 Å². The molecule has 0 bridgehead atoms. The van der Waals surface area contributed by atoms with Gasteiger partial charge in [-0.15, -0.1) is 0 Å². The van der Waals surface area contributed by atoms with E-state index in [0.29, 0.717) is 0 Å². The molecule has 0 fully saturated rings. The summed E-state index contributed by atoms with van der Waals surface area (Å²) < 4.78 is 34.3. The molecule has 1 unspecified atom stereocenters. The summed E-state index contributed by atoms with van der Waals surface area (Å²) >= 11 is 4.30. The highest BCUT2D eigenvalue weighted by Crippen LogP contribution is 2.31. The molecule has 0 aliphatic carbocycles. The SMILES string of the molecule is CS(=O)CC(O)(O)C(F)(F)Cl. The zero-order valence-corrected chi connectivity index (χ0v) is 7.12. The molecule has 7 heteroatoms. The first-order valence-corrected chi connectivity index (χ1v) is 4.59. The summed E-state index contributed by atoms with van der Waals surface area (Å²) in [6.07, 6.45) is 1.06. The van der Waals surface area contributed by atoms with Crippen LogP contribution in [0.3, 0.4) is 0 Å². The smallest absolute Gasteiger partial charge is 0.359 e. The minimum absolute atomic E-state index is 0.983. The summed E-state index contributed by atoms with van der Waals surface area (Å²) in [4.78, 5) is 0. The lowest BCUT2D eigenvalue weighted by Gasteiger charge is -2.24. The summed E-state index contributed by atoms with van der Waals surface area (Å²) in [5.74, 6) is -4.39. The first-order chi connectivity index (χ1) is 4.67. The molecule has 0 rings (SSSR count). The predicted octanol–water partition coefficient (Wildman–Crippen LogP) is -0.123. The molecule has 0 spiro atoms. The number of alkyl halides is 3. The fraction of sp³-hybridized carbons (Fsp3) is 1.00. The van der Waals surface area contributed by atoms with E-state index in [1.807, 2.05) is 0 Å². The van der Waals surface area contributed by atoms with Crippen LogP contribution in [0, 0.1) is 0 Å². The minimum Gasteiger partial charge on any atom is -0.359 e. The largest absolute Gasteiger partial charge is 0.375 e. The van der Waals surface area contributed by atoms with Crippen molar-refractivity contribution in [2.75, 3.05) is 12.0 Å². The van der Waals surface area contributed by atoms with Gasteiger partial charge in [0.25, 0.3) is 5.79 Å². The Morgan fingerprint density at radius 2 is 1.91 bits per heavy atom. The molecule has 0 radical (unpaired) electrons. The van der Waals surface area contributed by atoms with Crippen molar-refractivity contribution in [1.29, 1.82) is 0 Å². The van der Waals surface area contributed by atoms with Crippen LogP contribution in [0.2, 0.25) is 0 Å². The van der Waals surface area contributed by atoms with E-state index in [2.05, 4.69) is 11.6 Å². The second kappa shape index (κ2) is 3.30. The molecule has 11 heavy (non-hydrogen) atoms. The average Bonchev–Trinajstić information content (AvgIpc) is 1.56. The highest BCUT2D eigenvalue weighted by atomic mass is 35.5. The van der Waals surface area contributed by atoms with Crippen molar-refractivity contribution in [2.24, 2.45) is 0 Å². The maximum absolute atomic E-state index is 12.0. The highest BCUT2D eigenvalue weighted by Gasteiger charge is 2.50. The molecule has 0 heterocycles. The average molecular weight is 209 g/mol. The van der Waals surface area contributed by atoms with Crippen molar-refractivity contribution in [3.05, 3.63) is 0 Å². The van der Waals surface area contributed by atoms with E-state index >= 15 is 0 Å². The molecule has 2 N–H and O–H groups in total. The molecule has 0 amide bonds. The van der Waals surface area contributed by atoms with Crippen LogP contribution < -0.4 is 0 Å². The fourth-order valence-electron chi connectivity index (χ4n) is 0.365. The number of aliphatic hydroxyl groups is 2. The molecule has 0 saturated carbocycles. The van der Waals surface area contributed by atoms with E-state index in [4.69, 9.17) is 10.2 Å². The molecule has 0 aromatic heterocycles. The second-order valence-electron chi connectivity index (χ2n) is 2.03. The van der Waals surface area contributed by atoms with Crippen LogP contribution in [0.15, 0.2) is 0 Å². The summed E-state index contributed by atoms with van der Waals surface area (Å²) in [5.41, 5.74) is 0. The van der Waals surface area contributed by atoms with Crippen molar-refractivity contribution in [1.82, 2.24) is 0 Å². The Kier molecular flexibility index (Phi) is 3.37. The van der Waals surface area contributed by atoms with Crippen molar-refractivity contribution < 1.29 is 23.2 Å². The van der Waals surface area contributed by atoms with Gasteiger partial charge < -0.3 is 10.2 Å².